The van der Waals surface area contributed by atoms with Crippen LogP contribution in [0.4, 0.5) is 4.39 Å². The quantitative estimate of drug-likeness (QED) is 0.892. The van der Waals surface area contributed by atoms with E-state index in [0.717, 1.165) is 18.2 Å². The lowest BCUT2D eigenvalue weighted by molar-refractivity contribution is 0.111. The van der Waals surface area contributed by atoms with E-state index in [9.17, 15) is 17.9 Å². The van der Waals surface area contributed by atoms with E-state index in [2.05, 4.69) is 4.72 Å². The van der Waals surface area contributed by atoms with Gasteiger partial charge in [-0.2, -0.15) is 0 Å². The number of aliphatic hydroxyl groups excluding tert-OH is 1. The molecule has 0 spiro atoms. The minimum Gasteiger partial charge on any atom is -0.391 e. The number of aliphatic hydroxyl groups is 1. The van der Waals surface area contributed by atoms with Crippen LogP contribution in [0.1, 0.15) is 20.8 Å². The summed E-state index contributed by atoms with van der Waals surface area (Å²) < 4.78 is 39.3. The molecule has 1 aromatic rings. The molecule has 0 heterocycles. The topological polar surface area (TPSA) is 66.4 Å². The van der Waals surface area contributed by atoms with Gasteiger partial charge in [0, 0.05) is 0 Å². The summed E-state index contributed by atoms with van der Waals surface area (Å²) in [6, 6.07) is 3.12. The number of hydrogen-bond donors (Lipinski definition) is 2. The van der Waals surface area contributed by atoms with E-state index in [1.54, 1.807) is 13.8 Å². The molecule has 1 unspecified atom stereocenters. The fourth-order valence-corrected chi connectivity index (χ4v) is 2.88. The van der Waals surface area contributed by atoms with Crippen molar-refractivity contribution < 1.29 is 17.9 Å². The minimum absolute atomic E-state index is 0.150. The molecular weight excluding hydrogens is 281 g/mol. The van der Waals surface area contributed by atoms with Gasteiger partial charge in [0.1, 0.15) is 5.82 Å². The Kier molecular flexibility index (Phi) is 4.38. The fourth-order valence-electron chi connectivity index (χ4n) is 1.13. The summed E-state index contributed by atoms with van der Waals surface area (Å²) in [4.78, 5) is -0.150. The van der Waals surface area contributed by atoms with Crippen LogP contribution in [0.15, 0.2) is 23.1 Å². The molecule has 0 fully saturated rings. The zero-order chi connectivity index (χ0) is 14.1. The van der Waals surface area contributed by atoms with Gasteiger partial charge in [0.2, 0.25) is 10.0 Å². The number of halogens is 2. The molecule has 0 saturated heterocycles. The second kappa shape index (κ2) is 5.13. The van der Waals surface area contributed by atoms with Gasteiger partial charge in [-0.3, -0.25) is 0 Å². The minimum atomic E-state index is -3.86. The van der Waals surface area contributed by atoms with Crippen molar-refractivity contribution in [2.24, 2.45) is 0 Å². The molecule has 0 bridgehead atoms. The van der Waals surface area contributed by atoms with Crippen LogP contribution < -0.4 is 4.72 Å². The molecule has 4 nitrogen and oxygen atoms in total. The molecule has 0 aliphatic rings. The van der Waals surface area contributed by atoms with Crippen LogP contribution in [0.25, 0.3) is 0 Å². The van der Waals surface area contributed by atoms with Crippen molar-refractivity contribution in [1.82, 2.24) is 4.72 Å². The highest BCUT2D eigenvalue weighted by molar-refractivity contribution is 7.89. The highest BCUT2D eigenvalue weighted by Gasteiger charge is 2.30. The summed E-state index contributed by atoms with van der Waals surface area (Å²) in [5.41, 5.74) is -1.04. The van der Waals surface area contributed by atoms with Gasteiger partial charge in [-0.15, -0.1) is 0 Å². The number of hydrogen-bond acceptors (Lipinski definition) is 3. The summed E-state index contributed by atoms with van der Waals surface area (Å²) in [5.74, 6) is -0.689. The first-order valence-corrected chi connectivity index (χ1v) is 7.09. The van der Waals surface area contributed by atoms with Gasteiger partial charge in [-0.05, 0) is 39.0 Å². The number of rotatable bonds is 4. The Morgan fingerprint density at radius 1 is 1.44 bits per heavy atom. The summed E-state index contributed by atoms with van der Waals surface area (Å²) in [5, 5.41) is 9.21. The van der Waals surface area contributed by atoms with E-state index in [4.69, 9.17) is 11.6 Å². The first-order valence-electron chi connectivity index (χ1n) is 5.23. The summed E-state index contributed by atoms with van der Waals surface area (Å²) in [6.07, 6.45) is -0.886. The van der Waals surface area contributed by atoms with E-state index in [1.807, 2.05) is 0 Å². The fraction of sp³-hybridized carbons (Fsp3) is 0.455. The Bertz CT molecular complexity index is 543. The van der Waals surface area contributed by atoms with Crippen molar-refractivity contribution >= 4 is 21.6 Å². The van der Waals surface area contributed by atoms with Gasteiger partial charge in [-0.25, -0.2) is 17.5 Å². The monoisotopic (exact) mass is 295 g/mol. The Morgan fingerprint density at radius 2 is 2.00 bits per heavy atom. The van der Waals surface area contributed by atoms with Crippen molar-refractivity contribution in [3.8, 4) is 0 Å². The molecule has 0 saturated carbocycles. The molecule has 0 amide bonds. The van der Waals surface area contributed by atoms with Crippen LogP contribution in [0.5, 0.6) is 0 Å². The van der Waals surface area contributed by atoms with Gasteiger partial charge in [-0.1, -0.05) is 11.6 Å². The second-order valence-corrected chi connectivity index (χ2v) is 6.67. The van der Waals surface area contributed by atoms with Crippen LogP contribution in [0.2, 0.25) is 5.02 Å². The van der Waals surface area contributed by atoms with Crippen molar-refractivity contribution in [1.29, 1.82) is 0 Å². The number of sulfonamides is 1. The van der Waals surface area contributed by atoms with E-state index < -0.39 is 27.5 Å². The largest absolute Gasteiger partial charge is 0.391 e. The smallest absolute Gasteiger partial charge is 0.241 e. The first-order chi connectivity index (χ1) is 8.06. The lowest BCUT2D eigenvalue weighted by Crippen LogP contribution is -2.50. The third-order valence-corrected chi connectivity index (χ3v) is 4.60. The molecule has 18 heavy (non-hydrogen) atoms. The Morgan fingerprint density at radius 3 is 2.44 bits per heavy atom. The molecule has 0 aliphatic heterocycles. The number of benzene rings is 1. The summed E-state index contributed by atoms with van der Waals surface area (Å²) in [7, 11) is -3.86. The molecule has 0 aromatic heterocycles. The highest BCUT2D eigenvalue weighted by Crippen LogP contribution is 2.21. The molecule has 1 aromatic carbocycles. The maximum absolute atomic E-state index is 13.0. The standard InChI is InChI=1S/C11H15ClFNO3S/c1-7(15)11(2,3)14-18(16,17)8-4-5-10(13)9(12)6-8/h4-7,14-15H,1-3H3. The molecule has 2 N–H and O–H groups in total. The number of nitrogens with one attached hydrogen (secondary N) is 1. The Balaban J connectivity index is 3.11. The van der Waals surface area contributed by atoms with Gasteiger partial charge < -0.3 is 5.11 Å². The van der Waals surface area contributed by atoms with Crippen molar-refractivity contribution in [3.05, 3.63) is 29.0 Å². The summed E-state index contributed by atoms with van der Waals surface area (Å²) >= 11 is 5.54. The molecule has 0 radical (unpaired) electrons. The summed E-state index contributed by atoms with van der Waals surface area (Å²) in [6.45, 7) is 4.56. The molecular formula is C11H15ClFNO3S. The maximum Gasteiger partial charge on any atom is 0.241 e. The predicted octanol–water partition coefficient (Wildman–Crippen LogP) is 1.92. The van der Waals surface area contributed by atoms with Crippen LogP contribution >= 0.6 is 11.6 Å². The van der Waals surface area contributed by atoms with Crippen LogP contribution in [0.3, 0.4) is 0 Å². The van der Waals surface area contributed by atoms with Gasteiger partial charge in [0.05, 0.1) is 21.6 Å². The predicted molar refractivity (Wildman–Crippen MR) is 67.5 cm³/mol. The molecule has 0 aliphatic carbocycles. The maximum atomic E-state index is 13.0. The van der Waals surface area contributed by atoms with Crippen LogP contribution in [0, 0.1) is 5.82 Å². The lowest BCUT2D eigenvalue weighted by Gasteiger charge is -2.28. The third-order valence-electron chi connectivity index (χ3n) is 2.64. The van der Waals surface area contributed by atoms with E-state index in [0.29, 0.717) is 0 Å². The van der Waals surface area contributed by atoms with Crippen molar-refractivity contribution in [2.75, 3.05) is 0 Å². The lowest BCUT2D eigenvalue weighted by atomic mass is 10.0. The second-order valence-electron chi connectivity index (χ2n) is 4.58. The molecule has 1 rings (SSSR count). The Hall–Kier alpha value is -0.690. The van der Waals surface area contributed by atoms with Gasteiger partial charge in [0.15, 0.2) is 0 Å². The van der Waals surface area contributed by atoms with E-state index in [-0.39, 0.29) is 9.92 Å². The average Bonchev–Trinajstić information content (AvgIpc) is 2.20. The van der Waals surface area contributed by atoms with Crippen molar-refractivity contribution in [3.63, 3.8) is 0 Å². The van der Waals surface area contributed by atoms with Crippen LogP contribution in [-0.4, -0.2) is 25.2 Å². The molecule has 102 valence electrons. The highest BCUT2D eigenvalue weighted by atomic mass is 35.5. The van der Waals surface area contributed by atoms with Crippen LogP contribution in [-0.2, 0) is 10.0 Å². The van der Waals surface area contributed by atoms with Gasteiger partial charge >= 0.3 is 0 Å². The van der Waals surface area contributed by atoms with Gasteiger partial charge in [0.25, 0.3) is 0 Å². The van der Waals surface area contributed by atoms with E-state index in [1.165, 1.54) is 6.92 Å². The SMILES string of the molecule is CC(O)C(C)(C)NS(=O)(=O)c1ccc(F)c(Cl)c1. The zero-order valence-electron chi connectivity index (χ0n) is 10.2. The Labute approximate surface area is 111 Å². The van der Waals surface area contributed by atoms with E-state index >= 15 is 0 Å². The molecule has 1 atom stereocenters. The zero-order valence-corrected chi connectivity index (χ0v) is 11.8. The van der Waals surface area contributed by atoms with Crippen molar-refractivity contribution in [2.45, 2.75) is 37.3 Å². The normalized spacial score (nSPS) is 14.6. The first kappa shape index (κ1) is 15.4. The average molecular weight is 296 g/mol. The third kappa shape index (κ3) is 3.41. The molecule has 7 heteroatoms.